The first-order chi connectivity index (χ1) is 9.07. The number of para-hydroxylation sites is 1. The summed E-state index contributed by atoms with van der Waals surface area (Å²) in [5.41, 5.74) is 1.39. The molecule has 0 aliphatic heterocycles. The summed E-state index contributed by atoms with van der Waals surface area (Å²) in [6, 6.07) is 7.31. The molecule has 0 aliphatic rings. The highest BCUT2D eigenvalue weighted by molar-refractivity contribution is 6.05. The smallest absolute Gasteiger partial charge is 0.263 e. The van der Waals surface area contributed by atoms with Gasteiger partial charge in [0, 0.05) is 24.7 Å². The third-order valence-corrected chi connectivity index (χ3v) is 3.21. The second-order valence-electron chi connectivity index (χ2n) is 4.57. The van der Waals surface area contributed by atoms with Crippen LogP contribution in [0.15, 0.2) is 34.1 Å². The van der Waals surface area contributed by atoms with E-state index in [4.69, 9.17) is 0 Å². The molecule has 1 aromatic heterocycles. The van der Waals surface area contributed by atoms with Crippen LogP contribution in [-0.4, -0.2) is 21.9 Å². The molecule has 0 bridgehead atoms. The molecule has 1 heterocycles. The molecule has 4 heteroatoms. The van der Waals surface area contributed by atoms with Gasteiger partial charge in [-0.1, -0.05) is 19.1 Å². The molecule has 0 aliphatic carbocycles. The van der Waals surface area contributed by atoms with Gasteiger partial charge < -0.3 is 9.67 Å². The molecule has 0 atom stereocenters. The van der Waals surface area contributed by atoms with Crippen LogP contribution in [0.25, 0.3) is 10.9 Å². The molecular weight excluding hydrogens is 240 g/mol. The highest BCUT2D eigenvalue weighted by Gasteiger charge is 2.16. The predicted octanol–water partition coefficient (Wildman–Crippen LogP) is 2.46. The maximum atomic E-state index is 12.3. The van der Waals surface area contributed by atoms with E-state index in [1.807, 2.05) is 25.1 Å². The zero-order valence-electron chi connectivity index (χ0n) is 11.5. The second-order valence-corrected chi connectivity index (χ2v) is 4.57. The number of rotatable bonds is 3. The normalized spacial score (nSPS) is 12.1. The summed E-state index contributed by atoms with van der Waals surface area (Å²) in [5.74, 6) is 0.0241. The Morgan fingerprint density at radius 1 is 1.37 bits per heavy atom. The summed E-state index contributed by atoms with van der Waals surface area (Å²) in [6.45, 7) is 4.44. The average molecular weight is 258 g/mol. The van der Waals surface area contributed by atoms with Crippen molar-refractivity contribution in [2.24, 2.45) is 12.0 Å². The first-order valence-corrected chi connectivity index (χ1v) is 6.40. The number of fused-ring (bicyclic) bond motifs is 1. The van der Waals surface area contributed by atoms with Gasteiger partial charge in [0.2, 0.25) is 0 Å². The topological polar surface area (TPSA) is 54.6 Å². The number of hydrogen-bond donors (Lipinski definition) is 1. The molecule has 1 N–H and O–H groups in total. The molecule has 0 spiro atoms. The standard InChI is InChI=1S/C15H18N2O2/c1-4-9-16-10(2)13-14(18)11-7-5-6-8-12(11)17(3)15(13)19/h5-8,18H,4,9H2,1-3H3. The molecule has 19 heavy (non-hydrogen) atoms. The van der Waals surface area contributed by atoms with Crippen molar-refractivity contribution >= 4 is 16.6 Å². The quantitative estimate of drug-likeness (QED) is 0.860. The van der Waals surface area contributed by atoms with Gasteiger partial charge in [0.25, 0.3) is 5.56 Å². The molecule has 2 rings (SSSR count). The molecule has 0 unspecified atom stereocenters. The monoisotopic (exact) mass is 258 g/mol. The summed E-state index contributed by atoms with van der Waals surface area (Å²) in [6.07, 6.45) is 0.909. The van der Waals surface area contributed by atoms with Crippen molar-refractivity contribution in [1.29, 1.82) is 0 Å². The Labute approximate surface area is 112 Å². The van der Waals surface area contributed by atoms with Gasteiger partial charge in [0.15, 0.2) is 0 Å². The Balaban J connectivity index is 2.79. The summed E-state index contributed by atoms with van der Waals surface area (Å²) in [7, 11) is 1.71. The number of aryl methyl sites for hydroxylation is 1. The summed E-state index contributed by atoms with van der Waals surface area (Å²) >= 11 is 0. The van der Waals surface area contributed by atoms with Crippen molar-refractivity contribution in [3.05, 3.63) is 40.2 Å². The van der Waals surface area contributed by atoms with Gasteiger partial charge in [-0.2, -0.15) is 0 Å². The van der Waals surface area contributed by atoms with Crippen molar-refractivity contribution in [1.82, 2.24) is 4.57 Å². The molecule has 1 aromatic carbocycles. The lowest BCUT2D eigenvalue weighted by molar-refractivity contribution is 0.478. The highest BCUT2D eigenvalue weighted by Crippen LogP contribution is 2.26. The van der Waals surface area contributed by atoms with Crippen LogP contribution in [-0.2, 0) is 7.05 Å². The minimum Gasteiger partial charge on any atom is -0.506 e. The molecule has 2 aromatic rings. The fourth-order valence-electron chi connectivity index (χ4n) is 2.16. The Morgan fingerprint density at radius 2 is 2.05 bits per heavy atom. The lowest BCUT2D eigenvalue weighted by atomic mass is 10.1. The SMILES string of the molecule is CCCN=C(C)c1c(O)c2ccccc2n(C)c1=O. The van der Waals surface area contributed by atoms with Crippen molar-refractivity contribution in [3.8, 4) is 5.75 Å². The van der Waals surface area contributed by atoms with E-state index in [1.165, 1.54) is 0 Å². The van der Waals surface area contributed by atoms with E-state index in [0.29, 0.717) is 23.2 Å². The Bertz CT molecular complexity index is 699. The van der Waals surface area contributed by atoms with E-state index in [2.05, 4.69) is 4.99 Å². The molecule has 100 valence electrons. The maximum absolute atomic E-state index is 12.3. The molecule has 0 radical (unpaired) electrons. The molecule has 0 amide bonds. The minimum absolute atomic E-state index is 0.0241. The number of benzene rings is 1. The Hall–Kier alpha value is -2.10. The lowest BCUT2D eigenvalue weighted by Crippen LogP contribution is -2.24. The Morgan fingerprint density at radius 3 is 2.74 bits per heavy atom. The van der Waals surface area contributed by atoms with E-state index in [9.17, 15) is 9.90 Å². The number of aromatic hydroxyl groups is 1. The van der Waals surface area contributed by atoms with Crippen LogP contribution in [0.1, 0.15) is 25.8 Å². The average Bonchev–Trinajstić information content (AvgIpc) is 2.43. The number of nitrogens with zero attached hydrogens (tertiary/aromatic N) is 2. The zero-order chi connectivity index (χ0) is 14.0. The van der Waals surface area contributed by atoms with Crippen LogP contribution in [0.3, 0.4) is 0 Å². The van der Waals surface area contributed by atoms with Crippen molar-refractivity contribution in [3.63, 3.8) is 0 Å². The minimum atomic E-state index is -0.214. The second kappa shape index (κ2) is 5.26. The number of aliphatic imine (C=N–C) groups is 1. The molecule has 0 saturated carbocycles. The van der Waals surface area contributed by atoms with Gasteiger partial charge in [0.05, 0.1) is 5.52 Å². The van der Waals surface area contributed by atoms with Crippen LogP contribution < -0.4 is 5.56 Å². The first-order valence-electron chi connectivity index (χ1n) is 6.40. The highest BCUT2D eigenvalue weighted by atomic mass is 16.3. The van der Waals surface area contributed by atoms with E-state index >= 15 is 0 Å². The molecule has 0 saturated heterocycles. The fourth-order valence-corrected chi connectivity index (χ4v) is 2.16. The maximum Gasteiger partial charge on any atom is 0.263 e. The lowest BCUT2D eigenvalue weighted by Gasteiger charge is -2.11. The largest absolute Gasteiger partial charge is 0.506 e. The molecular formula is C15H18N2O2. The van der Waals surface area contributed by atoms with E-state index < -0.39 is 0 Å². The summed E-state index contributed by atoms with van der Waals surface area (Å²) < 4.78 is 1.55. The van der Waals surface area contributed by atoms with Gasteiger partial charge in [-0.05, 0) is 25.5 Å². The van der Waals surface area contributed by atoms with Crippen LogP contribution in [0.5, 0.6) is 5.75 Å². The summed E-state index contributed by atoms with van der Waals surface area (Å²) in [4.78, 5) is 16.7. The van der Waals surface area contributed by atoms with E-state index in [1.54, 1.807) is 24.6 Å². The van der Waals surface area contributed by atoms with Crippen molar-refractivity contribution in [2.45, 2.75) is 20.3 Å². The van der Waals surface area contributed by atoms with E-state index in [0.717, 1.165) is 11.9 Å². The first kappa shape index (κ1) is 13.3. The third-order valence-electron chi connectivity index (χ3n) is 3.21. The van der Waals surface area contributed by atoms with Gasteiger partial charge in [-0.15, -0.1) is 0 Å². The van der Waals surface area contributed by atoms with Crippen molar-refractivity contribution < 1.29 is 5.11 Å². The van der Waals surface area contributed by atoms with E-state index in [-0.39, 0.29) is 11.3 Å². The predicted molar refractivity (Wildman–Crippen MR) is 78.2 cm³/mol. The number of aromatic nitrogens is 1. The molecule has 4 nitrogen and oxygen atoms in total. The third kappa shape index (κ3) is 2.26. The van der Waals surface area contributed by atoms with Crippen LogP contribution in [0.2, 0.25) is 0 Å². The van der Waals surface area contributed by atoms with Gasteiger partial charge in [0.1, 0.15) is 11.3 Å². The van der Waals surface area contributed by atoms with Crippen LogP contribution >= 0.6 is 0 Å². The van der Waals surface area contributed by atoms with Crippen LogP contribution in [0, 0.1) is 0 Å². The van der Waals surface area contributed by atoms with Gasteiger partial charge in [-0.3, -0.25) is 9.79 Å². The number of pyridine rings is 1. The van der Waals surface area contributed by atoms with Crippen molar-refractivity contribution in [2.75, 3.05) is 6.54 Å². The van der Waals surface area contributed by atoms with Gasteiger partial charge in [-0.25, -0.2) is 0 Å². The zero-order valence-corrected chi connectivity index (χ0v) is 11.5. The Kier molecular flexibility index (Phi) is 3.69. The fraction of sp³-hybridized carbons (Fsp3) is 0.333. The summed E-state index contributed by atoms with van der Waals surface area (Å²) in [5, 5.41) is 11.0. The van der Waals surface area contributed by atoms with Gasteiger partial charge >= 0.3 is 0 Å². The molecule has 0 fully saturated rings. The van der Waals surface area contributed by atoms with Crippen LogP contribution in [0.4, 0.5) is 0 Å². The number of hydrogen-bond acceptors (Lipinski definition) is 3.